The number of hydrogen-bond donors (Lipinski definition) is 2. The minimum absolute atomic E-state index is 0.0567. The SMILES string of the molecule is COc1ccccc1-n1nc(C(=O)Nc2oc(C)c(C)c2C#N)c(O)cc1=O. The number of carbonyl (C=O) groups excluding carboxylic acids is 1. The lowest BCUT2D eigenvalue weighted by molar-refractivity contribution is 0.101. The lowest BCUT2D eigenvalue weighted by Crippen LogP contribution is -2.25. The van der Waals surface area contributed by atoms with Gasteiger partial charge in [-0.05, 0) is 26.0 Å². The quantitative estimate of drug-likeness (QED) is 0.710. The summed E-state index contributed by atoms with van der Waals surface area (Å²) in [6.45, 7) is 3.34. The zero-order valence-electron chi connectivity index (χ0n) is 15.3. The van der Waals surface area contributed by atoms with Gasteiger partial charge in [-0.1, -0.05) is 12.1 Å². The first kappa shape index (κ1) is 18.7. The number of rotatable bonds is 4. The van der Waals surface area contributed by atoms with Crippen LogP contribution >= 0.6 is 0 Å². The average Bonchev–Trinajstić information content (AvgIpc) is 2.94. The summed E-state index contributed by atoms with van der Waals surface area (Å²) in [5, 5.41) is 25.7. The lowest BCUT2D eigenvalue weighted by atomic mass is 10.2. The number of carbonyl (C=O) groups is 1. The molecule has 142 valence electrons. The van der Waals surface area contributed by atoms with Crippen LogP contribution in [0.3, 0.4) is 0 Å². The highest BCUT2D eigenvalue weighted by atomic mass is 16.5. The molecule has 2 N–H and O–H groups in total. The number of nitriles is 1. The van der Waals surface area contributed by atoms with Crippen LogP contribution < -0.4 is 15.6 Å². The Balaban J connectivity index is 2.06. The third-order valence-electron chi connectivity index (χ3n) is 4.16. The van der Waals surface area contributed by atoms with Crippen LogP contribution in [-0.2, 0) is 0 Å². The van der Waals surface area contributed by atoms with Gasteiger partial charge in [0, 0.05) is 11.6 Å². The number of hydrogen-bond acceptors (Lipinski definition) is 7. The fourth-order valence-corrected chi connectivity index (χ4v) is 2.60. The van der Waals surface area contributed by atoms with Crippen LogP contribution in [0.15, 0.2) is 39.5 Å². The Morgan fingerprint density at radius 3 is 2.75 bits per heavy atom. The van der Waals surface area contributed by atoms with E-state index in [0.717, 1.165) is 10.7 Å². The summed E-state index contributed by atoms with van der Waals surface area (Å²) in [4.78, 5) is 24.9. The molecule has 0 saturated carbocycles. The monoisotopic (exact) mass is 380 g/mol. The van der Waals surface area contributed by atoms with Crippen LogP contribution in [0, 0.1) is 25.2 Å². The summed E-state index contributed by atoms with van der Waals surface area (Å²) >= 11 is 0. The number of furan rings is 1. The van der Waals surface area contributed by atoms with Crippen molar-refractivity contribution in [2.45, 2.75) is 13.8 Å². The number of methoxy groups -OCH3 is 1. The molecule has 2 heterocycles. The largest absolute Gasteiger partial charge is 0.505 e. The van der Waals surface area contributed by atoms with E-state index in [4.69, 9.17) is 9.15 Å². The van der Waals surface area contributed by atoms with Crippen LogP contribution in [0.4, 0.5) is 5.88 Å². The molecule has 28 heavy (non-hydrogen) atoms. The molecule has 3 rings (SSSR count). The summed E-state index contributed by atoms with van der Waals surface area (Å²) in [5.74, 6) is -0.668. The fourth-order valence-electron chi connectivity index (χ4n) is 2.60. The molecule has 1 amide bonds. The zero-order chi connectivity index (χ0) is 20.4. The van der Waals surface area contributed by atoms with Crippen molar-refractivity contribution in [1.29, 1.82) is 5.26 Å². The number of amides is 1. The van der Waals surface area contributed by atoms with E-state index in [-0.39, 0.29) is 11.4 Å². The number of aromatic hydroxyl groups is 1. The van der Waals surface area contributed by atoms with Crippen molar-refractivity contribution in [3.05, 3.63) is 63.3 Å². The summed E-state index contributed by atoms with van der Waals surface area (Å²) in [5.41, 5.74) is -0.00846. The van der Waals surface area contributed by atoms with Crippen LogP contribution in [0.5, 0.6) is 11.5 Å². The van der Waals surface area contributed by atoms with Crippen molar-refractivity contribution in [2.24, 2.45) is 0 Å². The van der Waals surface area contributed by atoms with E-state index in [1.165, 1.54) is 7.11 Å². The fraction of sp³-hybridized carbons (Fsp3) is 0.158. The first-order valence-corrected chi connectivity index (χ1v) is 8.15. The summed E-state index contributed by atoms with van der Waals surface area (Å²) in [6.07, 6.45) is 0. The highest BCUT2D eigenvalue weighted by Crippen LogP contribution is 2.27. The number of anilines is 1. The van der Waals surface area contributed by atoms with Crippen molar-refractivity contribution in [3.63, 3.8) is 0 Å². The van der Waals surface area contributed by atoms with Gasteiger partial charge in [0.25, 0.3) is 11.5 Å². The maximum absolute atomic E-state index is 12.6. The molecule has 0 fully saturated rings. The minimum Gasteiger partial charge on any atom is -0.505 e. The van der Waals surface area contributed by atoms with Crippen LogP contribution in [0.2, 0.25) is 0 Å². The number of aromatic nitrogens is 2. The second kappa shape index (κ2) is 7.28. The number of nitrogens with one attached hydrogen (secondary N) is 1. The average molecular weight is 380 g/mol. The predicted molar refractivity (Wildman–Crippen MR) is 98.9 cm³/mol. The van der Waals surface area contributed by atoms with E-state index in [1.54, 1.807) is 38.1 Å². The molecule has 0 atom stereocenters. The third-order valence-corrected chi connectivity index (χ3v) is 4.16. The Labute approximate surface area is 159 Å². The van der Waals surface area contributed by atoms with Gasteiger partial charge in [-0.25, -0.2) is 0 Å². The third kappa shape index (κ3) is 3.19. The molecular weight excluding hydrogens is 364 g/mol. The summed E-state index contributed by atoms with van der Waals surface area (Å²) in [7, 11) is 1.43. The first-order chi connectivity index (χ1) is 13.4. The second-order valence-electron chi connectivity index (χ2n) is 5.85. The van der Waals surface area contributed by atoms with Gasteiger partial charge in [0.1, 0.15) is 28.8 Å². The van der Waals surface area contributed by atoms with Gasteiger partial charge in [0.05, 0.1) is 7.11 Å². The molecule has 0 aliphatic heterocycles. The molecule has 0 spiro atoms. The number of ether oxygens (including phenoxy) is 1. The normalized spacial score (nSPS) is 10.4. The molecule has 0 aliphatic carbocycles. The molecule has 1 aromatic carbocycles. The maximum Gasteiger partial charge on any atom is 0.282 e. The summed E-state index contributed by atoms with van der Waals surface area (Å²) in [6, 6.07) is 9.43. The van der Waals surface area contributed by atoms with Gasteiger partial charge in [-0.2, -0.15) is 15.0 Å². The molecule has 0 radical (unpaired) electrons. The summed E-state index contributed by atoms with van der Waals surface area (Å²) < 4.78 is 11.5. The molecule has 0 saturated heterocycles. The van der Waals surface area contributed by atoms with E-state index < -0.39 is 22.9 Å². The number of aryl methyl sites for hydroxylation is 1. The molecule has 0 unspecified atom stereocenters. The van der Waals surface area contributed by atoms with Crippen molar-refractivity contribution in [1.82, 2.24) is 9.78 Å². The van der Waals surface area contributed by atoms with Crippen molar-refractivity contribution in [2.75, 3.05) is 12.4 Å². The molecule has 9 nitrogen and oxygen atoms in total. The Bertz CT molecular complexity index is 1170. The number of benzene rings is 1. The Morgan fingerprint density at radius 2 is 2.07 bits per heavy atom. The highest BCUT2D eigenvalue weighted by Gasteiger charge is 2.22. The smallest absolute Gasteiger partial charge is 0.282 e. The number of nitrogens with zero attached hydrogens (tertiary/aromatic N) is 3. The van der Waals surface area contributed by atoms with Gasteiger partial charge in [0.2, 0.25) is 5.88 Å². The molecule has 2 aromatic heterocycles. The highest BCUT2D eigenvalue weighted by molar-refractivity contribution is 6.04. The zero-order valence-corrected chi connectivity index (χ0v) is 15.3. The van der Waals surface area contributed by atoms with E-state index in [9.17, 15) is 20.0 Å². The van der Waals surface area contributed by atoms with Gasteiger partial charge in [-0.15, -0.1) is 0 Å². The Hall–Kier alpha value is -4.06. The standard InChI is InChI=1S/C19H16N4O5/c1-10-11(2)28-19(12(10)9-20)21-18(26)17-14(24)8-16(25)23(22-17)13-6-4-5-7-15(13)27-3/h4-8,24H,1-3H3,(H,21,26). The number of para-hydroxylation sites is 2. The van der Waals surface area contributed by atoms with Gasteiger partial charge in [0.15, 0.2) is 11.4 Å². The van der Waals surface area contributed by atoms with E-state index in [1.807, 2.05) is 6.07 Å². The maximum atomic E-state index is 12.6. The van der Waals surface area contributed by atoms with Crippen LogP contribution in [0.1, 0.15) is 27.4 Å². The van der Waals surface area contributed by atoms with Gasteiger partial charge in [-0.3, -0.25) is 14.9 Å². The molecule has 3 aromatic rings. The first-order valence-electron chi connectivity index (χ1n) is 8.15. The van der Waals surface area contributed by atoms with E-state index in [2.05, 4.69) is 10.4 Å². The van der Waals surface area contributed by atoms with E-state index in [0.29, 0.717) is 22.8 Å². The topological polar surface area (TPSA) is 130 Å². The second-order valence-corrected chi connectivity index (χ2v) is 5.85. The van der Waals surface area contributed by atoms with Gasteiger partial charge < -0.3 is 14.3 Å². The molecule has 9 heteroatoms. The van der Waals surface area contributed by atoms with Crippen LogP contribution in [-0.4, -0.2) is 27.9 Å². The predicted octanol–water partition coefficient (Wildman–Crippen LogP) is 2.28. The van der Waals surface area contributed by atoms with Gasteiger partial charge >= 0.3 is 0 Å². The lowest BCUT2D eigenvalue weighted by Gasteiger charge is -2.11. The molecule has 0 bridgehead atoms. The Morgan fingerprint density at radius 1 is 1.36 bits per heavy atom. The Kier molecular flexibility index (Phi) is 4.87. The van der Waals surface area contributed by atoms with Crippen molar-refractivity contribution in [3.8, 4) is 23.3 Å². The van der Waals surface area contributed by atoms with Crippen molar-refractivity contribution < 1.29 is 19.1 Å². The van der Waals surface area contributed by atoms with Crippen LogP contribution in [0.25, 0.3) is 5.69 Å². The molecular formula is C19H16N4O5. The van der Waals surface area contributed by atoms with Crippen molar-refractivity contribution >= 4 is 11.8 Å². The van der Waals surface area contributed by atoms with E-state index >= 15 is 0 Å². The minimum atomic E-state index is -0.841. The molecule has 0 aliphatic rings.